The van der Waals surface area contributed by atoms with Gasteiger partial charge in [-0.15, -0.1) is 0 Å². The molecule has 4 heterocycles. The first-order chi connectivity index (χ1) is 20.7. The quantitative estimate of drug-likeness (QED) is 0.262. The standard InChI is InChI=1S/C32H40BrN3O7/c1-3-4-10-15-35-16-11-6-9-14-23(38)34-20(2)26(21-12-7-5-8-13-21)42-31(41)24-25-29(39)36(17-18-37)28(30(35)40)32(25)19-22(33)27(24)43-32/h5-8,11-13,19-20,24-28,37H,3-4,9-10,14-18H2,1-2H3,(H,34,38)/b11-6-/t20-,24+,25-,26+,27+,28+,32-/m1/s1. The molecule has 3 amide bonds. The lowest BCUT2D eigenvalue weighted by Crippen LogP contribution is -2.56. The van der Waals surface area contributed by atoms with Gasteiger partial charge >= 0.3 is 5.97 Å². The highest BCUT2D eigenvalue weighted by Crippen LogP contribution is 2.59. The zero-order chi connectivity index (χ0) is 30.7. The Kier molecular flexibility index (Phi) is 9.73. The molecule has 4 aliphatic heterocycles. The lowest BCUT2D eigenvalue weighted by atomic mass is 9.74. The number of aliphatic hydroxyl groups excluding tert-OH is 1. The number of fused-ring (bicyclic) bond motifs is 2. The fourth-order valence-corrected chi connectivity index (χ4v) is 7.61. The molecular weight excluding hydrogens is 618 g/mol. The number of ether oxygens (including phenoxy) is 2. The minimum Gasteiger partial charge on any atom is -0.455 e. The number of unbranched alkanes of at least 4 members (excludes halogenated alkanes) is 2. The number of nitrogens with zero attached hydrogens (tertiary/aromatic N) is 2. The van der Waals surface area contributed by atoms with Gasteiger partial charge in [-0.3, -0.25) is 19.2 Å². The monoisotopic (exact) mass is 657 g/mol. The number of halogens is 1. The van der Waals surface area contributed by atoms with E-state index in [0.29, 0.717) is 29.6 Å². The number of hydrogen-bond donors (Lipinski definition) is 2. The number of β-amino-alcohol motifs (C(OH)–C–C–N with tert-alkyl or cyclic N) is 1. The minimum atomic E-state index is -1.39. The summed E-state index contributed by atoms with van der Waals surface area (Å²) < 4.78 is 13.2. The zero-order valence-corrected chi connectivity index (χ0v) is 26.2. The van der Waals surface area contributed by atoms with Crippen LogP contribution >= 0.6 is 15.9 Å². The predicted octanol–water partition coefficient (Wildman–Crippen LogP) is 3.01. The number of carbonyl (C=O) groups is 4. The second-order valence-electron chi connectivity index (χ2n) is 11.7. The van der Waals surface area contributed by atoms with E-state index in [2.05, 4.69) is 28.2 Å². The van der Waals surface area contributed by atoms with Crippen molar-refractivity contribution in [1.82, 2.24) is 15.1 Å². The van der Waals surface area contributed by atoms with Crippen LogP contribution in [0.4, 0.5) is 0 Å². The average molecular weight is 659 g/mol. The number of rotatable bonds is 7. The fourth-order valence-electron chi connectivity index (χ4n) is 6.87. The van der Waals surface area contributed by atoms with Crippen LogP contribution in [0.1, 0.15) is 57.6 Å². The van der Waals surface area contributed by atoms with Crippen LogP contribution in [0.15, 0.2) is 53.0 Å². The molecule has 1 aromatic rings. The normalized spacial score (nSPS) is 33.7. The van der Waals surface area contributed by atoms with Crippen LogP contribution in [0.3, 0.4) is 0 Å². The van der Waals surface area contributed by atoms with Crippen molar-refractivity contribution in [2.24, 2.45) is 11.8 Å². The second-order valence-corrected chi connectivity index (χ2v) is 12.6. The predicted molar refractivity (Wildman–Crippen MR) is 162 cm³/mol. The van der Waals surface area contributed by atoms with Crippen molar-refractivity contribution < 1.29 is 33.8 Å². The van der Waals surface area contributed by atoms with Crippen molar-refractivity contribution in [3.05, 3.63) is 58.6 Å². The van der Waals surface area contributed by atoms with Crippen molar-refractivity contribution in [2.45, 2.75) is 75.8 Å². The summed E-state index contributed by atoms with van der Waals surface area (Å²) in [4.78, 5) is 58.5. The number of esters is 1. The third-order valence-electron chi connectivity index (χ3n) is 8.86. The molecule has 11 heteroatoms. The van der Waals surface area contributed by atoms with E-state index in [-0.39, 0.29) is 31.4 Å². The van der Waals surface area contributed by atoms with E-state index in [9.17, 15) is 24.3 Å². The smallest absolute Gasteiger partial charge is 0.313 e. The van der Waals surface area contributed by atoms with Crippen LogP contribution in [0.2, 0.25) is 0 Å². The van der Waals surface area contributed by atoms with Gasteiger partial charge in [0.1, 0.15) is 29.8 Å². The van der Waals surface area contributed by atoms with Crippen LogP contribution in [0, 0.1) is 11.8 Å². The van der Waals surface area contributed by atoms with Gasteiger partial charge in [-0.05, 0) is 31.4 Å². The maximum atomic E-state index is 14.4. The number of amides is 3. The maximum Gasteiger partial charge on any atom is 0.313 e. The zero-order valence-electron chi connectivity index (χ0n) is 24.6. The topological polar surface area (TPSA) is 125 Å². The first kappa shape index (κ1) is 31.4. The number of hydrogen-bond acceptors (Lipinski definition) is 7. The SMILES string of the molecule is CCCCCN1C/C=C\CCC(=O)N[C@H](C)[C@@H](c2ccccc2)OC(=O)[C@@H]2[C@H]3O[C@@]4(C=C3Br)[C@H](C1=O)N(CCO)C(=O)[C@@H]24. The number of likely N-dealkylation sites (tertiary alicyclic amines) is 1. The molecule has 7 atom stereocenters. The van der Waals surface area contributed by atoms with Crippen molar-refractivity contribution in [2.75, 3.05) is 26.2 Å². The largest absolute Gasteiger partial charge is 0.455 e. The Labute approximate surface area is 260 Å². The van der Waals surface area contributed by atoms with Gasteiger partial charge < -0.3 is 29.7 Å². The number of aliphatic hydroxyl groups is 1. The summed E-state index contributed by atoms with van der Waals surface area (Å²) in [6, 6.07) is 7.55. The van der Waals surface area contributed by atoms with Gasteiger partial charge in [0, 0.05) is 30.5 Å². The highest BCUT2D eigenvalue weighted by atomic mass is 79.9. The summed E-state index contributed by atoms with van der Waals surface area (Å²) in [7, 11) is 0. The van der Waals surface area contributed by atoms with E-state index in [0.717, 1.165) is 19.3 Å². The third kappa shape index (κ3) is 5.91. The van der Waals surface area contributed by atoms with Crippen LogP contribution in [-0.2, 0) is 28.7 Å². The van der Waals surface area contributed by atoms with Gasteiger partial charge in [0.15, 0.2) is 0 Å². The first-order valence-corrected chi connectivity index (χ1v) is 16.0. The molecule has 5 bridgehead atoms. The Morgan fingerprint density at radius 1 is 1.05 bits per heavy atom. The molecule has 4 aliphatic rings. The summed E-state index contributed by atoms with van der Waals surface area (Å²) in [6.45, 7) is 4.24. The van der Waals surface area contributed by atoms with Crippen LogP contribution in [0.25, 0.3) is 0 Å². The van der Waals surface area contributed by atoms with E-state index in [1.54, 1.807) is 17.9 Å². The van der Waals surface area contributed by atoms with Crippen molar-refractivity contribution >= 4 is 39.6 Å². The maximum absolute atomic E-state index is 14.4. The Morgan fingerprint density at radius 2 is 1.81 bits per heavy atom. The molecule has 1 spiro atoms. The number of nitrogens with one attached hydrogen (secondary N) is 1. The summed E-state index contributed by atoms with van der Waals surface area (Å²) in [6.07, 6.45) is 7.30. The van der Waals surface area contributed by atoms with Gasteiger partial charge in [0.2, 0.25) is 17.7 Å². The van der Waals surface area contributed by atoms with E-state index >= 15 is 0 Å². The van der Waals surface area contributed by atoms with Crippen molar-refractivity contribution in [3.63, 3.8) is 0 Å². The summed E-state index contributed by atoms with van der Waals surface area (Å²) in [5.74, 6) is -3.57. The lowest BCUT2D eigenvalue weighted by molar-refractivity contribution is -0.161. The van der Waals surface area contributed by atoms with Crippen LogP contribution < -0.4 is 5.32 Å². The summed E-state index contributed by atoms with van der Waals surface area (Å²) in [5, 5.41) is 12.9. The minimum absolute atomic E-state index is 0.0664. The number of allylic oxidation sites excluding steroid dienone is 1. The molecule has 0 unspecified atom stereocenters. The molecule has 0 aromatic heterocycles. The van der Waals surface area contributed by atoms with E-state index < -0.39 is 53.6 Å². The highest BCUT2D eigenvalue weighted by Gasteiger charge is 2.74. The first-order valence-electron chi connectivity index (χ1n) is 15.2. The third-order valence-corrected chi connectivity index (χ3v) is 9.54. The summed E-state index contributed by atoms with van der Waals surface area (Å²) >= 11 is 3.56. The fraction of sp³-hybridized carbons (Fsp3) is 0.562. The molecule has 43 heavy (non-hydrogen) atoms. The van der Waals surface area contributed by atoms with Gasteiger partial charge in [-0.25, -0.2) is 0 Å². The van der Waals surface area contributed by atoms with Crippen LogP contribution in [-0.4, -0.2) is 88.6 Å². The molecule has 2 fully saturated rings. The molecule has 0 aliphatic carbocycles. The molecule has 10 nitrogen and oxygen atoms in total. The highest BCUT2D eigenvalue weighted by molar-refractivity contribution is 9.11. The van der Waals surface area contributed by atoms with Crippen LogP contribution in [0.5, 0.6) is 0 Å². The Hall–Kier alpha value is -3.02. The molecule has 2 saturated heterocycles. The molecule has 0 radical (unpaired) electrons. The lowest BCUT2D eigenvalue weighted by Gasteiger charge is -2.35. The van der Waals surface area contributed by atoms with Crippen molar-refractivity contribution in [1.29, 1.82) is 0 Å². The van der Waals surface area contributed by atoms with Gasteiger partial charge in [0.05, 0.1) is 18.6 Å². The van der Waals surface area contributed by atoms with Crippen molar-refractivity contribution in [3.8, 4) is 0 Å². The van der Waals surface area contributed by atoms with E-state index in [1.165, 1.54) is 4.90 Å². The Balaban J connectivity index is 1.57. The Bertz CT molecular complexity index is 1290. The number of carbonyl (C=O) groups excluding carboxylic acids is 4. The molecular formula is C32H40BrN3O7. The van der Waals surface area contributed by atoms with E-state index in [1.807, 2.05) is 42.5 Å². The molecule has 0 saturated carbocycles. The Morgan fingerprint density at radius 3 is 2.53 bits per heavy atom. The second kappa shape index (κ2) is 13.3. The van der Waals surface area contributed by atoms with Gasteiger partial charge in [-0.2, -0.15) is 0 Å². The molecule has 232 valence electrons. The molecule has 1 aromatic carbocycles. The molecule has 2 N–H and O–H groups in total. The molecule has 5 rings (SSSR count). The summed E-state index contributed by atoms with van der Waals surface area (Å²) in [5.41, 5.74) is -0.690. The van der Waals surface area contributed by atoms with Gasteiger partial charge in [-0.1, -0.05) is 78.2 Å². The average Bonchev–Trinajstić information content (AvgIpc) is 3.58. The number of cyclic esters (lactones) is 1. The van der Waals surface area contributed by atoms with E-state index in [4.69, 9.17) is 9.47 Å². The number of benzene rings is 1. The van der Waals surface area contributed by atoms with Gasteiger partial charge in [0.25, 0.3) is 0 Å².